The standard InChI is InChI=1S/C16H30O6/c17-11-5-1-7-13-21-15(19)9-3-4-10-16(20)22-14-8-2-6-12-18/h17-18H,1-14H2. The Balaban J connectivity index is 3.32. The molecule has 22 heavy (non-hydrogen) atoms. The average molecular weight is 318 g/mol. The van der Waals surface area contributed by atoms with Crippen LogP contribution < -0.4 is 0 Å². The number of hydrogen-bond donors (Lipinski definition) is 2. The van der Waals surface area contributed by atoms with Crippen LogP contribution in [0.3, 0.4) is 0 Å². The number of rotatable bonds is 15. The quantitative estimate of drug-likeness (QED) is 0.354. The van der Waals surface area contributed by atoms with Crippen molar-refractivity contribution in [3.63, 3.8) is 0 Å². The number of esters is 2. The number of hydrogen-bond acceptors (Lipinski definition) is 6. The lowest BCUT2D eigenvalue weighted by Crippen LogP contribution is -2.08. The number of aliphatic hydroxyl groups is 2. The molecule has 0 radical (unpaired) electrons. The van der Waals surface area contributed by atoms with Gasteiger partial charge in [-0.25, -0.2) is 0 Å². The van der Waals surface area contributed by atoms with E-state index in [2.05, 4.69) is 0 Å². The van der Waals surface area contributed by atoms with Crippen LogP contribution in [0.1, 0.15) is 64.2 Å². The highest BCUT2D eigenvalue weighted by molar-refractivity contribution is 5.70. The summed E-state index contributed by atoms with van der Waals surface area (Å²) in [6.45, 7) is 1.14. The third kappa shape index (κ3) is 15.3. The first-order valence-electron chi connectivity index (χ1n) is 8.23. The van der Waals surface area contributed by atoms with E-state index >= 15 is 0 Å². The molecule has 0 aliphatic heterocycles. The van der Waals surface area contributed by atoms with Gasteiger partial charge in [-0.15, -0.1) is 0 Å². The van der Waals surface area contributed by atoms with Gasteiger partial charge in [-0.2, -0.15) is 0 Å². The predicted molar refractivity (Wildman–Crippen MR) is 82.3 cm³/mol. The molecule has 6 heteroatoms. The molecule has 0 saturated heterocycles. The molecule has 0 atom stereocenters. The van der Waals surface area contributed by atoms with E-state index in [1.807, 2.05) is 0 Å². The Morgan fingerprint density at radius 3 is 1.36 bits per heavy atom. The molecule has 0 aromatic heterocycles. The third-order valence-corrected chi connectivity index (χ3v) is 3.14. The second-order valence-electron chi connectivity index (χ2n) is 5.22. The number of carbonyl (C=O) groups is 2. The van der Waals surface area contributed by atoms with Gasteiger partial charge in [0, 0.05) is 26.1 Å². The predicted octanol–water partition coefficient (Wildman–Crippen LogP) is 1.96. The molecule has 0 rings (SSSR count). The monoisotopic (exact) mass is 318 g/mol. The van der Waals surface area contributed by atoms with Crippen LogP contribution in [0.2, 0.25) is 0 Å². The van der Waals surface area contributed by atoms with Crippen molar-refractivity contribution in [1.29, 1.82) is 0 Å². The zero-order valence-corrected chi connectivity index (χ0v) is 13.4. The zero-order valence-electron chi connectivity index (χ0n) is 13.4. The first-order valence-corrected chi connectivity index (χ1v) is 8.23. The van der Waals surface area contributed by atoms with Crippen LogP contribution in [0.25, 0.3) is 0 Å². The van der Waals surface area contributed by atoms with Gasteiger partial charge in [0.15, 0.2) is 0 Å². The molecule has 0 saturated carbocycles. The minimum Gasteiger partial charge on any atom is -0.466 e. The van der Waals surface area contributed by atoms with Crippen molar-refractivity contribution >= 4 is 11.9 Å². The maximum atomic E-state index is 11.4. The molecular formula is C16H30O6. The molecule has 6 nitrogen and oxygen atoms in total. The summed E-state index contributed by atoms with van der Waals surface area (Å²) in [5.74, 6) is -0.470. The van der Waals surface area contributed by atoms with Crippen molar-refractivity contribution in [2.45, 2.75) is 64.2 Å². The molecule has 2 N–H and O–H groups in total. The van der Waals surface area contributed by atoms with Crippen molar-refractivity contribution in [2.75, 3.05) is 26.4 Å². The summed E-state index contributed by atoms with van der Waals surface area (Å²) in [4.78, 5) is 22.8. The van der Waals surface area contributed by atoms with E-state index in [1.165, 1.54) is 0 Å². The second kappa shape index (κ2) is 16.2. The van der Waals surface area contributed by atoms with Crippen LogP contribution in [0.15, 0.2) is 0 Å². The van der Waals surface area contributed by atoms with Crippen LogP contribution in [0, 0.1) is 0 Å². The summed E-state index contributed by atoms with van der Waals surface area (Å²) in [5, 5.41) is 17.2. The molecule has 0 aromatic rings. The van der Waals surface area contributed by atoms with Gasteiger partial charge >= 0.3 is 11.9 Å². The Kier molecular flexibility index (Phi) is 15.4. The van der Waals surface area contributed by atoms with E-state index in [1.54, 1.807) is 0 Å². The highest BCUT2D eigenvalue weighted by Gasteiger charge is 2.06. The lowest BCUT2D eigenvalue weighted by molar-refractivity contribution is -0.146. The van der Waals surface area contributed by atoms with Crippen LogP contribution in [-0.4, -0.2) is 48.6 Å². The van der Waals surface area contributed by atoms with E-state index in [-0.39, 0.29) is 25.2 Å². The molecule has 0 heterocycles. The summed E-state index contributed by atoms with van der Waals surface area (Å²) in [6, 6.07) is 0. The normalized spacial score (nSPS) is 10.5. The van der Waals surface area contributed by atoms with Gasteiger partial charge in [-0.3, -0.25) is 9.59 Å². The van der Waals surface area contributed by atoms with Gasteiger partial charge in [0.2, 0.25) is 0 Å². The number of aliphatic hydroxyl groups excluding tert-OH is 2. The van der Waals surface area contributed by atoms with E-state index in [0.717, 1.165) is 38.5 Å². The largest absolute Gasteiger partial charge is 0.466 e. The SMILES string of the molecule is O=C(CCCCC(=O)OCCCCCO)OCCCCCO. The van der Waals surface area contributed by atoms with Gasteiger partial charge < -0.3 is 19.7 Å². The van der Waals surface area contributed by atoms with Crippen molar-refractivity contribution in [1.82, 2.24) is 0 Å². The Labute approximate surface area is 132 Å². The van der Waals surface area contributed by atoms with Gasteiger partial charge in [-0.05, 0) is 51.4 Å². The molecule has 0 unspecified atom stereocenters. The summed E-state index contributed by atoms with van der Waals surface area (Å²) >= 11 is 0. The fourth-order valence-electron chi connectivity index (χ4n) is 1.84. The summed E-state index contributed by atoms with van der Waals surface area (Å²) in [7, 11) is 0. The van der Waals surface area contributed by atoms with E-state index in [4.69, 9.17) is 19.7 Å². The molecule has 0 spiro atoms. The smallest absolute Gasteiger partial charge is 0.305 e. The average Bonchev–Trinajstić information content (AvgIpc) is 2.51. The fourth-order valence-corrected chi connectivity index (χ4v) is 1.84. The Morgan fingerprint density at radius 2 is 1.00 bits per heavy atom. The van der Waals surface area contributed by atoms with Crippen LogP contribution in [0.5, 0.6) is 0 Å². The minimum absolute atomic E-state index is 0.172. The summed E-state index contributed by atoms with van der Waals surface area (Å²) in [6.07, 6.45) is 6.61. The summed E-state index contributed by atoms with van der Waals surface area (Å²) in [5.41, 5.74) is 0. The summed E-state index contributed by atoms with van der Waals surface area (Å²) < 4.78 is 10.1. The molecule has 0 aromatic carbocycles. The maximum absolute atomic E-state index is 11.4. The zero-order chi connectivity index (χ0) is 16.5. The molecule has 0 amide bonds. The van der Waals surface area contributed by atoms with Crippen molar-refractivity contribution in [3.8, 4) is 0 Å². The first-order chi connectivity index (χ1) is 10.7. The number of ether oxygens (including phenoxy) is 2. The van der Waals surface area contributed by atoms with Gasteiger partial charge in [-0.1, -0.05) is 0 Å². The van der Waals surface area contributed by atoms with Gasteiger partial charge in [0.25, 0.3) is 0 Å². The van der Waals surface area contributed by atoms with Crippen molar-refractivity contribution in [3.05, 3.63) is 0 Å². The Morgan fingerprint density at radius 1 is 0.591 bits per heavy atom. The number of unbranched alkanes of at least 4 members (excludes halogenated alkanes) is 5. The van der Waals surface area contributed by atoms with Crippen molar-refractivity contribution < 1.29 is 29.3 Å². The highest BCUT2D eigenvalue weighted by Crippen LogP contribution is 2.05. The molecule has 0 fully saturated rings. The van der Waals surface area contributed by atoms with Gasteiger partial charge in [0.05, 0.1) is 13.2 Å². The topological polar surface area (TPSA) is 93.1 Å². The minimum atomic E-state index is -0.235. The van der Waals surface area contributed by atoms with Crippen LogP contribution in [-0.2, 0) is 19.1 Å². The lowest BCUT2D eigenvalue weighted by Gasteiger charge is -2.05. The Bertz CT molecular complexity index is 252. The van der Waals surface area contributed by atoms with E-state index in [9.17, 15) is 9.59 Å². The second-order valence-corrected chi connectivity index (χ2v) is 5.22. The highest BCUT2D eigenvalue weighted by atomic mass is 16.5. The fraction of sp³-hybridized carbons (Fsp3) is 0.875. The lowest BCUT2D eigenvalue weighted by atomic mass is 10.2. The maximum Gasteiger partial charge on any atom is 0.305 e. The van der Waals surface area contributed by atoms with Crippen LogP contribution >= 0.6 is 0 Å². The van der Waals surface area contributed by atoms with Gasteiger partial charge in [0.1, 0.15) is 0 Å². The van der Waals surface area contributed by atoms with Crippen LogP contribution in [0.4, 0.5) is 0 Å². The Hall–Kier alpha value is -1.14. The first kappa shape index (κ1) is 20.9. The molecular weight excluding hydrogens is 288 g/mol. The molecule has 130 valence electrons. The molecule has 0 bridgehead atoms. The molecule has 0 aliphatic carbocycles. The number of carbonyl (C=O) groups excluding carboxylic acids is 2. The molecule has 0 aliphatic rings. The van der Waals surface area contributed by atoms with E-state index < -0.39 is 0 Å². The van der Waals surface area contributed by atoms with E-state index in [0.29, 0.717) is 38.9 Å². The van der Waals surface area contributed by atoms with Crippen molar-refractivity contribution in [2.24, 2.45) is 0 Å². The third-order valence-electron chi connectivity index (χ3n) is 3.14.